The molecule has 4 rings (SSSR count). The van der Waals surface area contributed by atoms with Gasteiger partial charge in [0.1, 0.15) is 5.82 Å². The first-order valence-corrected chi connectivity index (χ1v) is 7.06. The zero-order valence-corrected chi connectivity index (χ0v) is 11.5. The fourth-order valence-corrected chi connectivity index (χ4v) is 2.63. The zero-order chi connectivity index (χ0) is 13.2. The van der Waals surface area contributed by atoms with Crippen molar-refractivity contribution in [2.24, 2.45) is 0 Å². The molecule has 0 amide bonds. The van der Waals surface area contributed by atoms with Gasteiger partial charge in [0.2, 0.25) is 0 Å². The van der Waals surface area contributed by atoms with Gasteiger partial charge in [-0.25, -0.2) is 4.39 Å². The molecule has 0 radical (unpaired) electrons. The van der Waals surface area contributed by atoms with Gasteiger partial charge in [0.15, 0.2) is 3.95 Å². The molecule has 0 spiro atoms. The summed E-state index contributed by atoms with van der Waals surface area (Å²) in [7, 11) is 0. The van der Waals surface area contributed by atoms with Gasteiger partial charge >= 0.3 is 0 Å². The fraction of sp³-hybridized carbons (Fsp3) is 0. The molecule has 4 heteroatoms. The fourth-order valence-electron chi connectivity index (χ4n) is 1.78. The Hall–Kier alpha value is -1.78. The highest BCUT2D eigenvalue weighted by Crippen LogP contribution is 2.18. The molecule has 2 aromatic rings. The highest BCUT2D eigenvalue weighted by molar-refractivity contribution is 7.73. The van der Waals surface area contributed by atoms with Crippen molar-refractivity contribution in [1.29, 1.82) is 0 Å². The first-order valence-electron chi connectivity index (χ1n) is 5.77. The number of nitrogens with one attached hydrogen (secondary N) is 1. The summed E-state index contributed by atoms with van der Waals surface area (Å²) in [4.78, 5) is 3.13. The van der Waals surface area contributed by atoms with Crippen LogP contribution in [0.25, 0.3) is 11.3 Å². The van der Waals surface area contributed by atoms with E-state index in [1.807, 2.05) is 29.6 Å². The van der Waals surface area contributed by atoms with Crippen LogP contribution in [-0.2, 0) is 0 Å². The third-order valence-electron chi connectivity index (χ3n) is 2.89. The minimum Gasteiger partial charge on any atom is -0.337 e. The maximum atomic E-state index is 12.0. The van der Waals surface area contributed by atoms with Crippen LogP contribution in [0.2, 0.25) is 0 Å². The van der Waals surface area contributed by atoms with E-state index in [1.165, 1.54) is 11.6 Å². The molecule has 0 bridgehead atoms. The van der Waals surface area contributed by atoms with Gasteiger partial charge < -0.3 is 4.98 Å². The Labute approximate surface area is 118 Å². The van der Waals surface area contributed by atoms with E-state index in [1.54, 1.807) is 17.4 Å². The van der Waals surface area contributed by atoms with Crippen LogP contribution in [0.4, 0.5) is 4.39 Å². The number of benzene rings is 2. The van der Waals surface area contributed by atoms with Gasteiger partial charge in [-0.15, -0.1) is 11.3 Å². The highest BCUT2D eigenvalue weighted by atomic mass is 32.1. The highest BCUT2D eigenvalue weighted by Gasteiger charge is 2.01. The van der Waals surface area contributed by atoms with Crippen molar-refractivity contribution in [3.63, 3.8) is 0 Å². The second-order valence-corrected chi connectivity index (χ2v) is 5.67. The molecular formula is C15H10FNS2. The molecule has 2 aliphatic rings. The monoisotopic (exact) mass is 287 g/mol. The van der Waals surface area contributed by atoms with Gasteiger partial charge in [0.05, 0.1) is 5.69 Å². The molecule has 2 aliphatic carbocycles. The molecule has 0 saturated heterocycles. The molecule has 1 N–H and O–H groups in total. The molecule has 1 aromatic heterocycles. The molecule has 0 aliphatic heterocycles. The third kappa shape index (κ3) is 2.50. The number of halogens is 1. The van der Waals surface area contributed by atoms with Crippen molar-refractivity contribution in [2.45, 2.75) is 0 Å². The van der Waals surface area contributed by atoms with E-state index in [-0.39, 0.29) is 5.82 Å². The lowest BCUT2D eigenvalue weighted by molar-refractivity contribution is 0.605. The molecule has 0 atom stereocenters. The number of hydrogen-bond acceptors (Lipinski definition) is 2. The Balaban J connectivity index is 0.000000132. The second kappa shape index (κ2) is 5.07. The summed E-state index contributed by atoms with van der Waals surface area (Å²) >= 11 is 6.55. The van der Waals surface area contributed by atoms with Gasteiger partial charge in [0.25, 0.3) is 0 Å². The van der Waals surface area contributed by atoms with E-state index in [0.717, 1.165) is 20.1 Å². The minimum absolute atomic E-state index is 0.0579. The van der Waals surface area contributed by atoms with Crippen molar-refractivity contribution in [3.8, 4) is 11.3 Å². The van der Waals surface area contributed by atoms with Crippen molar-refractivity contribution in [3.05, 3.63) is 74.1 Å². The van der Waals surface area contributed by atoms with E-state index in [4.69, 9.17) is 12.2 Å². The van der Waals surface area contributed by atoms with Crippen LogP contribution in [-0.4, -0.2) is 4.98 Å². The van der Waals surface area contributed by atoms with Crippen LogP contribution in [0.5, 0.6) is 0 Å². The lowest BCUT2D eigenvalue weighted by atomic mass is 10.1. The van der Waals surface area contributed by atoms with Crippen LogP contribution in [0.15, 0.2) is 53.9 Å². The number of rotatable bonds is 1. The summed E-state index contributed by atoms with van der Waals surface area (Å²) in [6, 6.07) is 15.4. The van der Waals surface area contributed by atoms with E-state index in [9.17, 15) is 4.39 Å². The molecule has 1 aromatic carbocycles. The molecule has 0 unspecified atom stereocenters. The van der Waals surface area contributed by atoms with E-state index < -0.39 is 0 Å². The van der Waals surface area contributed by atoms with Crippen molar-refractivity contribution >= 4 is 23.6 Å². The average molecular weight is 287 g/mol. The summed E-state index contributed by atoms with van der Waals surface area (Å²) in [6.45, 7) is 0. The van der Waals surface area contributed by atoms with Gasteiger partial charge in [-0.1, -0.05) is 42.5 Å². The molecule has 0 saturated carbocycles. The Bertz CT molecular complexity index is 850. The summed E-state index contributed by atoms with van der Waals surface area (Å²) in [5, 5.41) is 3.91. The van der Waals surface area contributed by atoms with Crippen LogP contribution in [0, 0.1) is 20.2 Å². The predicted octanol–water partition coefficient (Wildman–Crippen LogP) is 4.90. The first kappa shape index (κ1) is 12.3. The van der Waals surface area contributed by atoms with Crippen LogP contribution >= 0.6 is 23.6 Å². The SMILES string of the molecule is Fc1cc2ccc1=2.S=c1[nH]c(-c2ccccc2)cs1. The zero-order valence-electron chi connectivity index (χ0n) is 9.89. The van der Waals surface area contributed by atoms with Crippen molar-refractivity contribution in [1.82, 2.24) is 4.98 Å². The van der Waals surface area contributed by atoms with E-state index >= 15 is 0 Å². The van der Waals surface area contributed by atoms with E-state index in [2.05, 4.69) is 17.1 Å². The molecular weight excluding hydrogens is 277 g/mol. The van der Waals surface area contributed by atoms with Gasteiger partial charge in [-0.3, -0.25) is 0 Å². The summed E-state index contributed by atoms with van der Waals surface area (Å²) in [5.41, 5.74) is 2.29. The predicted molar refractivity (Wildman–Crippen MR) is 79.0 cm³/mol. The topological polar surface area (TPSA) is 15.8 Å². The molecule has 1 heterocycles. The average Bonchev–Trinajstić information content (AvgIpc) is 2.84. The lowest BCUT2D eigenvalue weighted by Gasteiger charge is -2.00. The minimum atomic E-state index is -0.0579. The smallest absolute Gasteiger partial charge is 0.158 e. The number of thiazole rings is 1. The molecule has 0 fully saturated rings. The second-order valence-electron chi connectivity index (χ2n) is 4.12. The molecule has 94 valence electrons. The number of aromatic nitrogens is 1. The van der Waals surface area contributed by atoms with Gasteiger partial charge in [-0.2, -0.15) is 0 Å². The van der Waals surface area contributed by atoms with Crippen molar-refractivity contribution < 1.29 is 4.39 Å². The van der Waals surface area contributed by atoms with Crippen LogP contribution in [0.3, 0.4) is 0 Å². The number of hydrogen-bond donors (Lipinski definition) is 1. The molecule has 19 heavy (non-hydrogen) atoms. The maximum Gasteiger partial charge on any atom is 0.158 e. The van der Waals surface area contributed by atoms with Gasteiger partial charge in [0, 0.05) is 10.6 Å². The quantitative estimate of drug-likeness (QED) is 0.492. The Kier molecular flexibility index (Phi) is 3.27. The normalized spacial score (nSPS) is 10.6. The first-order chi connectivity index (χ1) is 9.24. The Morgan fingerprint density at radius 1 is 1.05 bits per heavy atom. The van der Waals surface area contributed by atoms with Crippen LogP contribution < -0.4 is 0 Å². The maximum absolute atomic E-state index is 12.0. The standard InChI is InChI=1S/C9H7NS2.C6H3F/c11-9-10-8(6-12-9)7-4-2-1-3-5-7;7-6-3-4-1-2-5(4)6/h1-6H,(H,10,11);1-3H. The number of aromatic amines is 1. The molecule has 1 nitrogen and oxygen atoms in total. The summed E-state index contributed by atoms with van der Waals surface area (Å²) in [5.74, 6) is -0.0579. The summed E-state index contributed by atoms with van der Waals surface area (Å²) in [6.07, 6.45) is 0. The van der Waals surface area contributed by atoms with Crippen molar-refractivity contribution in [2.75, 3.05) is 0 Å². The van der Waals surface area contributed by atoms with Gasteiger partial charge in [-0.05, 0) is 29.1 Å². The van der Waals surface area contributed by atoms with Crippen LogP contribution in [0.1, 0.15) is 0 Å². The van der Waals surface area contributed by atoms with E-state index in [0.29, 0.717) is 0 Å². The Morgan fingerprint density at radius 2 is 1.84 bits per heavy atom. The number of H-pyrrole nitrogens is 1. The lowest BCUT2D eigenvalue weighted by Crippen LogP contribution is -1.90. The summed E-state index contributed by atoms with van der Waals surface area (Å²) < 4.78 is 12.8. The Morgan fingerprint density at radius 3 is 2.21 bits per heavy atom. The third-order valence-corrected chi connectivity index (χ3v) is 3.95. The largest absolute Gasteiger partial charge is 0.337 e.